The normalized spacial score (nSPS) is 38.9. The first-order valence-electron chi connectivity index (χ1n) is 24.1. The number of rotatable bonds is 26. The highest BCUT2D eigenvalue weighted by molar-refractivity contribution is 5.74. The van der Waals surface area contributed by atoms with Crippen molar-refractivity contribution in [1.29, 1.82) is 0 Å². The second kappa shape index (κ2) is 29.8. The summed E-state index contributed by atoms with van der Waals surface area (Å²) in [5.74, 6) is -4.93. The maximum absolute atomic E-state index is 12.5. The van der Waals surface area contributed by atoms with Crippen molar-refractivity contribution in [3.63, 3.8) is 0 Å². The molecule has 0 spiro atoms. The van der Waals surface area contributed by atoms with E-state index in [9.17, 15) is 101 Å². The van der Waals surface area contributed by atoms with Gasteiger partial charge in [0.1, 0.15) is 110 Å². The van der Waals surface area contributed by atoms with Crippen LogP contribution < -0.4 is 16.0 Å². The van der Waals surface area contributed by atoms with Gasteiger partial charge in [-0.15, -0.1) is 0 Å². The third kappa shape index (κ3) is 16.2. The van der Waals surface area contributed by atoms with Crippen molar-refractivity contribution in [2.45, 2.75) is 200 Å². The van der Waals surface area contributed by atoms with Gasteiger partial charge in [0.15, 0.2) is 36.7 Å². The van der Waals surface area contributed by atoms with Crippen molar-refractivity contribution in [1.82, 2.24) is 16.0 Å². The van der Waals surface area contributed by atoms with Gasteiger partial charge in [-0.25, -0.2) is 0 Å². The maximum atomic E-state index is 12.5. The SMILES string of the molecule is CC(=O)NC1C(O)[C@H](O[C@@H]2OC(CO[C@H]3OC(CO)[C@@H](O)C(O)C3O[C@H](O)C(NC(C)=O)C(O)[C@@H](CCO)O[C@H](O)/C(O)=C(/O)[C@@H](O)CCO)[C@@H](O)C(O)C2O)C(CO)O[C@H]1O[C@@H]1C(CO)O[C@@H](C)C(NC(C)=O)C1O. The summed E-state index contributed by atoms with van der Waals surface area (Å²) >= 11 is 0. The summed E-state index contributed by atoms with van der Waals surface area (Å²) in [5, 5.41) is 198. The molecule has 0 saturated carbocycles. The van der Waals surface area contributed by atoms with Crippen LogP contribution in [0.3, 0.4) is 0 Å². The summed E-state index contributed by atoms with van der Waals surface area (Å²) < 4.78 is 51.4. The number of nitrogens with one attached hydrogen (secondary N) is 3. The lowest BCUT2D eigenvalue weighted by molar-refractivity contribution is -0.367. The summed E-state index contributed by atoms with van der Waals surface area (Å²) in [7, 11) is 0. The molecule has 33 nitrogen and oxygen atoms in total. The molecule has 442 valence electrons. The smallest absolute Gasteiger partial charge is 0.217 e. The molecular formula is C43H75N3O30. The zero-order valence-corrected chi connectivity index (χ0v) is 41.6. The fourth-order valence-corrected chi connectivity index (χ4v) is 8.90. The monoisotopic (exact) mass is 1110 g/mol. The molecule has 0 bridgehead atoms. The Morgan fingerprint density at radius 1 is 0.553 bits per heavy atom. The molecule has 21 N–H and O–H groups in total. The first-order chi connectivity index (χ1) is 35.8. The molecule has 4 rings (SSSR count). The van der Waals surface area contributed by atoms with Gasteiger partial charge in [0.2, 0.25) is 24.0 Å². The van der Waals surface area contributed by atoms with Crippen LogP contribution >= 0.6 is 0 Å². The van der Waals surface area contributed by atoms with E-state index in [1.54, 1.807) is 0 Å². The number of aliphatic hydroxyl groups excluding tert-OH is 18. The van der Waals surface area contributed by atoms with Crippen molar-refractivity contribution in [3.05, 3.63) is 11.5 Å². The van der Waals surface area contributed by atoms with Gasteiger partial charge < -0.3 is 150 Å². The van der Waals surface area contributed by atoms with E-state index in [-0.39, 0.29) is 0 Å². The molecule has 33 heteroatoms. The molecule has 4 aliphatic rings. The number of carbonyl (C=O) groups is 3. The molecule has 0 aromatic carbocycles. The lowest BCUT2D eigenvalue weighted by Gasteiger charge is -2.49. The molecule has 4 fully saturated rings. The minimum absolute atomic E-state index is 0.499. The molecule has 3 amide bonds. The number of hydrogen-bond acceptors (Lipinski definition) is 30. The first-order valence-corrected chi connectivity index (χ1v) is 24.1. The highest BCUT2D eigenvalue weighted by Crippen LogP contribution is 2.34. The lowest BCUT2D eigenvalue weighted by atomic mass is 9.92. The topological polar surface area (TPSA) is 535 Å². The largest absolute Gasteiger partial charge is 0.506 e. The molecule has 0 aromatic heterocycles. The van der Waals surface area contributed by atoms with Crippen LogP contribution in [0.25, 0.3) is 0 Å². The van der Waals surface area contributed by atoms with Crippen molar-refractivity contribution < 1.29 is 149 Å². The predicted molar refractivity (Wildman–Crippen MR) is 242 cm³/mol. The molecule has 14 unspecified atom stereocenters. The van der Waals surface area contributed by atoms with Crippen molar-refractivity contribution in [2.24, 2.45) is 0 Å². The Morgan fingerprint density at radius 3 is 1.62 bits per heavy atom. The van der Waals surface area contributed by atoms with E-state index in [2.05, 4.69) is 16.0 Å². The highest BCUT2D eigenvalue weighted by Gasteiger charge is 2.55. The molecule has 4 saturated heterocycles. The Kier molecular flexibility index (Phi) is 25.6. The third-order valence-electron chi connectivity index (χ3n) is 12.9. The molecule has 0 aliphatic carbocycles. The van der Waals surface area contributed by atoms with Gasteiger partial charge in [-0.1, -0.05) is 0 Å². The van der Waals surface area contributed by atoms with Crippen LogP contribution in [-0.4, -0.2) is 309 Å². The molecular weight excluding hydrogens is 1040 g/mol. The molecule has 0 aromatic rings. The Balaban J connectivity index is 1.56. The summed E-state index contributed by atoms with van der Waals surface area (Å²) in [6.07, 6.45) is -44.9. The molecule has 76 heavy (non-hydrogen) atoms. The number of amides is 3. The molecule has 4 heterocycles. The third-order valence-corrected chi connectivity index (χ3v) is 12.9. The fourth-order valence-electron chi connectivity index (χ4n) is 8.90. The predicted octanol–water partition coefficient (Wildman–Crippen LogP) is -11.0. The Bertz CT molecular complexity index is 1840. The number of carbonyl (C=O) groups excluding carboxylic acids is 3. The lowest BCUT2D eigenvalue weighted by Crippen LogP contribution is -2.70. The number of aliphatic hydroxyl groups is 18. The maximum Gasteiger partial charge on any atom is 0.217 e. The van der Waals surface area contributed by atoms with E-state index in [1.807, 2.05) is 0 Å². The first kappa shape index (κ1) is 65.3. The van der Waals surface area contributed by atoms with Crippen LogP contribution in [0, 0.1) is 0 Å². The summed E-state index contributed by atoms with van der Waals surface area (Å²) in [5.41, 5.74) is 0. The van der Waals surface area contributed by atoms with Crippen LogP contribution in [0.2, 0.25) is 0 Å². The Labute approximate surface area is 433 Å². The number of ether oxygens (including phenoxy) is 9. The van der Waals surface area contributed by atoms with E-state index in [4.69, 9.17) is 47.7 Å². The Morgan fingerprint density at radius 2 is 1.07 bits per heavy atom. The standard InChI is InChI=1S/C43H75N3O30/c1-13-23(44-14(2)52)30(60)36(20(10-50)69-13)75-41-25(46-16(4)54)31(61)37(21(11-51)72-41)76-42-35(65)32(62)29(59)22(73-42)12-68-43-38(33(63)28(58)19(9-49)71-43)74-39(66)24(45-15(3)53)27(57)18(6-8-48)70-40(67)34(64)26(56)17(55)5-7-47/h13,17-25,27-33,35-43,47-51,55-67H,5-12H2,1-4H3,(H,44,52)(H,45,53)(H,46,54)/b34-26-/t13-,17-,18+,19?,20?,21?,22?,23?,24?,25?,27?,28+,29+,30?,31?,32?,33?,35?,36+,37+,38?,39-,40-,41-,42-,43-/m0/s1. The van der Waals surface area contributed by atoms with Crippen LogP contribution in [0.5, 0.6) is 0 Å². The van der Waals surface area contributed by atoms with Gasteiger partial charge in [0.05, 0.1) is 44.7 Å². The van der Waals surface area contributed by atoms with E-state index in [1.165, 1.54) is 13.8 Å². The quantitative estimate of drug-likeness (QED) is 0.0282. The van der Waals surface area contributed by atoms with Crippen LogP contribution in [0.4, 0.5) is 0 Å². The summed E-state index contributed by atoms with van der Waals surface area (Å²) in [6.45, 7) is -0.497. The zero-order valence-electron chi connectivity index (χ0n) is 41.6. The molecule has 26 atom stereocenters. The second-order valence-corrected chi connectivity index (χ2v) is 18.5. The van der Waals surface area contributed by atoms with Gasteiger partial charge in [0.25, 0.3) is 0 Å². The zero-order chi connectivity index (χ0) is 57.0. The second-order valence-electron chi connectivity index (χ2n) is 18.5. The van der Waals surface area contributed by atoms with E-state index in [0.717, 1.165) is 13.8 Å². The summed E-state index contributed by atoms with van der Waals surface area (Å²) in [4.78, 5) is 36.7. The van der Waals surface area contributed by atoms with E-state index in [0.29, 0.717) is 0 Å². The molecule has 0 radical (unpaired) electrons. The minimum atomic E-state index is -2.55. The average molecular weight is 1110 g/mol. The van der Waals surface area contributed by atoms with Crippen LogP contribution in [0.1, 0.15) is 40.5 Å². The molecule has 4 aliphatic heterocycles. The minimum Gasteiger partial charge on any atom is -0.506 e. The van der Waals surface area contributed by atoms with Crippen molar-refractivity contribution in [2.75, 3.05) is 39.6 Å². The van der Waals surface area contributed by atoms with Crippen molar-refractivity contribution >= 4 is 17.7 Å². The van der Waals surface area contributed by atoms with Gasteiger partial charge >= 0.3 is 0 Å². The van der Waals surface area contributed by atoms with Crippen LogP contribution in [0.15, 0.2) is 11.5 Å². The van der Waals surface area contributed by atoms with Gasteiger partial charge in [-0.2, -0.15) is 0 Å². The highest BCUT2D eigenvalue weighted by atomic mass is 16.8. The average Bonchev–Trinajstić information content (AvgIpc) is 3.37. The van der Waals surface area contributed by atoms with E-state index >= 15 is 0 Å². The van der Waals surface area contributed by atoms with Gasteiger partial charge in [-0.3, -0.25) is 14.4 Å². The van der Waals surface area contributed by atoms with Crippen LogP contribution in [-0.2, 0) is 57.0 Å². The summed E-state index contributed by atoms with van der Waals surface area (Å²) in [6, 6.07) is -4.80. The van der Waals surface area contributed by atoms with Gasteiger partial charge in [-0.05, 0) is 13.3 Å². The Hall–Kier alpha value is -3.25. The van der Waals surface area contributed by atoms with Gasteiger partial charge in [0, 0.05) is 40.4 Å². The fraction of sp³-hybridized carbons (Fsp3) is 0.884. The van der Waals surface area contributed by atoms with E-state index < -0.39 is 241 Å². The number of hydrogen-bond donors (Lipinski definition) is 21. The van der Waals surface area contributed by atoms with Crippen molar-refractivity contribution in [3.8, 4) is 0 Å².